The Balaban J connectivity index is 2.08. The number of hydrogen-bond acceptors (Lipinski definition) is 4. The van der Waals surface area contributed by atoms with Gasteiger partial charge in [0.2, 0.25) is 0 Å². The highest BCUT2D eigenvalue weighted by atomic mass is 79.9. The predicted molar refractivity (Wildman–Crippen MR) is 90.3 cm³/mol. The third kappa shape index (κ3) is 4.93. The van der Waals surface area contributed by atoms with E-state index in [1.165, 1.54) is 0 Å². The van der Waals surface area contributed by atoms with E-state index in [1.54, 1.807) is 24.3 Å². The van der Waals surface area contributed by atoms with Gasteiger partial charge in [0.15, 0.2) is 0 Å². The van der Waals surface area contributed by atoms with E-state index in [2.05, 4.69) is 15.9 Å². The standard InChI is InChI=1S/C18H17BrO4/c1-2-10-22-17(20)15-8-3-4-9-16(15)18(21)23-12-13-6-5-7-14(19)11-13/h3-9,11H,2,10,12H2,1H3. The molecule has 0 N–H and O–H groups in total. The fourth-order valence-corrected chi connectivity index (χ4v) is 2.41. The Labute approximate surface area is 143 Å². The molecule has 120 valence electrons. The zero-order chi connectivity index (χ0) is 16.7. The van der Waals surface area contributed by atoms with Crippen LogP contribution in [0.1, 0.15) is 39.6 Å². The minimum Gasteiger partial charge on any atom is -0.462 e. The molecule has 0 aromatic heterocycles. The van der Waals surface area contributed by atoms with Crippen LogP contribution in [0.2, 0.25) is 0 Å². The number of carbonyl (C=O) groups excluding carboxylic acids is 2. The van der Waals surface area contributed by atoms with Crippen molar-refractivity contribution in [1.29, 1.82) is 0 Å². The fraction of sp³-hybridized carbons (Fsp3) is 0.222. The van der Waals surface area contributed by atoms with Crippen molar-refractivity contribution < 1.29 is 19.1 Å². The molecule has 2 aromatic carbocycles. The smallest absolute Gasteiger partial charge is 0.339 e. The molecule has 0 heterocycles. The van der Waals surface area contributed by atoms with Crippen molar-refractivity contribution in [1.82, 2.24) is 0 Å². The van der Waals surface area contributed by atoms with Crippen molar-refractivity contribution in [2.75, 3.05) is 6.61 Å². The molecule has 0 spiro atoms. The van der Waals surface area contributed by atoms with Gasteiger partial charge in [0.05, 0.1) is 17.7 Å². The largest absolute Gasteiger partial charge is 0.462 e. The average Bonchev–Trinajstić information content (AvgIpc) is 2.57. The molecule has 0 saturated heterocycles. The van der Waals surface area contributed by atoms with Crippen LogP contribution in [0.4, 0.5) is 0 Å². The van der Waals surface area contributed by atoms with E-state index < -0.39 is 11.9 Å². The number of rotatable bonds is 6. The zero-order valence-corrected chi connectivity index (χ0v) is 14.3. The highest BCUT2D eigenvalue weighted by Crippen LogP contribution is 2.15. The summed E-state index contributed by atoms with van der Waals surface area (Å²) in [7, 11) is 0. The summed E-state index contributed by atoms with van der Waals surface area (Å²) in [6, 6.07) is 14.0. The minimum atomic E-state index is -0.547. The number of ether oxygens (including phenoxy) is 2. The summed E-state index contributed by atoms with van der Waals surface area (Å²) in [5, 5.41) is 0. The van der Waals surface area contributed by atoms with Gasteiger partial charge in [-0.2, -0.15) is 0 Å². The topological polar surface area (TPSA) is 52.6 Å². The first-order valence-electron chi connectivity index (χ1n) is 7.29. The van der Waals surface area contributed by atoms with E-state index in [1.807, 2.05) is 31.2 Å². The molecule has 2 aromatic rings. The van der Waals surface area contributed by atoms with Gasteiger partial charge < -0.3 is 9.47 Å². The van der Waals surface area contributed by atoms with Crippen molar-refractivity contribution in [2.24, 2.45) is 0 Å². The molecule has 4 nitrogen and oxygen atoms in total. The van der Waals surface area contributed by atoms with Gasteiger partial charge in [-0.3, -0.25) is 0 Å². The van der Waals surface area contributed by atoms with Crippen LogP contribution >= 0.6 is 15.9 Å². The summed E-state index contributed by atoms with van der Waals surface area (Å²) in [6.45, 7) is 2.36. The van der Waals surface area contributed by atoms with E-state index in [0.717, 1.165) is 16.5 Å². The van der Waals surface area contributed by atoms with Crippen LogP contribution in [0.5, 0.6) is 0 Å². The van der Waals surface area contributed by atoms with Crippen LogP contribution < -0.4 is 0 Å². The van der Waals surface area contributed by atoms with Crippen molar-refractivity contribution in [3.05, 3.63) is 69.7 Å². The summed E-state index contributed by atoms with van der Waals surface area (Å²) < 4.78 is 11.3. The first-order valence-corrected chi connectivity index (χ1v) is 8.09. The Hall–Kier alpha value is -2.14. The highest BCUT2D eigenvalue weighted by molar-refractivity contribution is 9.10. The lowest BCUT2D eigenvalue weighted by Gasteiger charge is -2.09. The average molecular weight is 377 g/mol. The third-order valence-corrected chi connectivity index (χ3v) is 3.56. The lowest BCUT2D eigenvalue weighted by molar-refractivity contribution is 0.0439. The third-order valence-electron chi connectivity index (χ3n) is 3.06. The normalized spacial score (nSPS) is 10.2. The molecule has 0 fully saturated rings. The van der Waals surface area contributed by atoms with Crippen LogP contribution in [-0.4, -0.2) is 18.5 Å². The SMILES string of the molecule is CCCOC(=O)c1ccccc1C(=O)OCc1cccc(Br)c1. The number of hydrogen-bond donors (Lipinski definition) is 0. The maximum Gasteiger partial charge on any atom is 0.339 e. The van der Waals surface area contributed by atoms with Crippen molar-refractivity contribution in [3.63, 3.8) is 0 Å². The van der Waals surface area contributed by atoms with Crippen LogP contribution in [0.3, 0.4) is 0 Å². The molecule has 0 amide bonds. The molecular formula is C18H17BrO4. The van der Waals surface area contributed by atoms with Gasteiger partial charge in [0.1, 0.15) is 6.61 Å². The van der Waals surface area contributed by atoms with Gasteiger partial charge in [0, 0.05) is 4.47 Å². The van der Waals surface area contributed by atoms with E-state index >= 15 is 0 Å². The van der Waals surface area contributed by atoms with Crippen LogP contribution in [0.25, 0.3) is 0 Å². The van der Waals surface area contributed by atoms with E-state index in [0.29, 0.717) is 6.61 Å². The summed E-state index contributed by atoms with van der Waals surface area (Å²) in [5.74, 6) is -1.06. The molecule has 0 unspecified atom stereocenters. The number of carbonyl (C=O) groups is 2. The Kier molecular flexibility index (Phi) is 6.35. The summed E-state index contributed by atoms with van der Waals surface area (Å²) in [4.78, 5) is 24.3. The van der Waals surface area contributed by atoms with Crippen LogP contribution in [0.15, 0.2) is 53.0 Å². The Morgan fingerprint density at radius 2 is 1.61 bits per heavy atom. The first kappa shape index (κ1) is 17.2. The lowest BCUT2D eigenvalue weighted by Crippen LogP contribution is -2.14. The molecule has 0 radical (unpaired) electrons. The van der Waals surface area contributed by atoms with Gasteiger partial charge >= 0.3 is 11.9 Å². The molecule has 0 saturated carbocycles. The monoisotopic (exact) mass is 376 g/mol. The number of esters is 2. The predicted octanol–water partition coefficient (Wildman–Crippen LogP) is 4.37. The molecular weight excluding hydrogens is 360 g/mol. The fourth-order valence-electron chi connectivity index (χ4n) is 1.97. The summed E-state index contributed by atoms with van der Waals surface area (Å²) in [6.07, 6.45) is 0.723. The van der Waals surface area contributed by atoms with Crippen molar-refractivity contribution >= 4 is 27.9 Å². The minimum absolute atomic E-state index is 0.136. The number of halogens is 1. The first-order chi connectivity index (χ1) is 11.1. The molecule has 0 atom stereocenters. The van der Waals surface area contributed by atoms with Gasteiger partial charge in [0.25, 0.3) is 0 Å². The molecule has 0 aliphatic heterocycles. The number of benzene rings is 2. The summed E-state index contributed by atoms with van der Waals surface area (Å²) in [5.41, 5.74) is 1.29. The molecule has 0 bridgehead atoms. The van der Waals surface area contributed by atoms with Crippen LogP contribution in [0, 0.1) is 0 Å². The lowest BCUT2D eigenvalue weighted by atomic mass is 10.1. The Morgan fingerprint density at radius 1 is 0.957 bits per heavy atom. The quantitative estimate of drug-likeness (QED) is 0.702. The second-order valence-electron chi connectivity index (χ2n) is 4.89. The second kappa shape index (κ2) is 8.48. The van der Waals surface area contributed by atoms with E-state index in [-0.39, 0.29) is 17.7 Å². The van der Waals surface area contributed by atoms with Crippen molar-refractivity contribution in [2.45, 2.75) is 20.0 Å². The zero-order valence-electron chi connectivity index (χ0n) is 12.8. The highest BCUT2D eigenvalue weighted by Gasteiger charge is 2.18. The van der Waals surface area contributed by atoms with Gasteiger partial charge in [-0.05, 0) is 36.2 Å². The van der Waals surface area contributed by atoms with E-state index in [4.69, 9.17) is 9.47 Å². The van der Waals surface area contributed by atoms with Gasteiger partial charge in [-0.25, -0.2) is 9.59 Å². The second-order valence-corrected chi connectivity index (χ2v) is 5.80. The van der Waals surface area contributed by atoms with Gasteiger partial charge in [-0.1, -0.05) is 47.1 Å². The van der Waals surface area contributed by atoms with Crippen LogP contribution in [-0.2, 0) is 16.1 Å². The maximum atomic E-state index is 12.3. The van der Waals surface area contributed by atoms with Crippen molar-refractivity contribution in [3.8, 4) is 0 Å². The maximum absolute atomic E-state index is 12.3. The molecule has 5 heteroatoms. The Bertz CT molecular complexity index is 697. The molecule has 0 aliphatic rings. The van der Waals surface area contributed by atoms with E-state index in [9.17, 15) is 9.59 Å². The molecule has 23 heavy (non-hydrogen) atoms. The molecule has 2 rings (SSSR count). The summed E-state index contributed by atoms with van der Waals surface area (Å²) >= 11 is 3.37. The van der Waals surface area contributed by atoms with Gasteiger partial charge in [-0.15, -0.1) is 0 Å². The molecule has 0 aliphatic carbocycles. The Morgan fingerprint density at radius 3 is 2.22 bits per heavy atom.